The minimum atomic E-state index is -0.733. The van der Waals surface area contributed by atoms with Crippen molar-refractivity contribution in [1.82, 2.24) is 0 Å². The van der Waals surface area contributed by atoms with Gasteiger partial charge in [-0.15, -0.1) is 0 Å². The van der Waals surface area contributed by atoms with Gasteiger partial charge in [0.2, 0.25) is 0 Å². The maximum Gasteiger partial charge on any atom is 0.142 e. The highest BCUT2D eigenvalue weighted by Crippen LogP contribution is 2.41. The molecule has 86 valence electrons. The summed E-state index contributed by atoms with van der Waals surface area (Å²) in [6.45, 7) is 6.76. The van der Waals surface area contributed by atoms with E-state index in [1.807, 2.05) is 0 Å². The van der Waals surface area contributed by atoms with Gasteiger partial charge in [0, 0.05) is 0 Å². The van der Waals surface area contributed by atoms with E-state index in [0.717, 1.165) is 32.0 Å². The van der Waals surface area contributed by atoms with Crippen molar-refractivity contribution in [3.8, 4) is 0 Å². The fraction of sp³-hybridized carbons (Fsp3) is 0.769. The largest absolute Gasteiger partial charge is 0.386 e. The second-order valence-electron chi connectivity index (χ2n) is 5.74. The van der Waals surface area contributed by atoms with Crippen LogP contribution in [0.4, 0.5) is 0 Å². The molecule has 0 aromatic heterocycles. The number of allylic oxidation sites excluding steroid dienone is 1. The van der Waals surface area contributed by atoms with Crippen molar-refractivity contribution in [3.63, 3.8) is 0 Å². The summed E-state index contributed by atoms with van der Waals surface area (Å²) in [6.07, 6.45) is 7.44. The third-order valence-corrected chi connectivity index (χ3v) is 3.56. The lowest BCUT2D eigenvalue weighted by molar-refractivity contribution is -0.104. The summed E-state index contributed by atoms with van der Waals surface area (Å²) in [4.78, 5) is 10.2. The first-order chi connectivity index (χ1) is 6.87. The van der Waals surface area contributed by atoms with Crippen molar-refractivity contribution in [1.29, 1.82) is 0 Å². The first-order valence-electron chi connectivity index (χ1n) is 5.73. The molecule has 1 rings (SSSR count). The molecule has 1 fully saturated rings. The van der Waals surface area contributed by atoms with Crippen LogP contribution in [0.3, 0.4) is 0 Å². The Morgan fingerprint density at radius 1 is 1.27 bits per heavy atom. The summed E-state index contributed by atoms with van der Waals surface area (Å²) in [5, 5.41) is 10.1. The number of carbonyl (C=O) groups is 1. The Morgan fingerprint density at radius 3 is 2.20 bits per heavy atom. The molecule has 0 unspecified atom stereocenters. The fourth-order valence-electron chi connectivity index (χ4n) is 2.37. The molecule has 2 nitrogen and oxygen atoms in total. The summed E-state index contributed by atoms with van der Waals surface area (Å²) in [6, 6.07) is 0. The zero-order valence-corrected chi connectivity index (χ0v) is 9.99. The van der Waals surface area contributed by atoms with Gasteiger partial charge in [0.25, 0.3) is 0 Å². The standard InChI is InChI=1S/C13H22O2/c1-12(2,3)11-5-8-13(15,9-6-11)7-4-10-14/h4,7,10-11,15H,5-6,8-9H2,1-3H3/b7-4+. The molecule has 1 N–H and O–H groups in total. The van der Waals surface area contributed by atoms with E-state index in [9.17, 15) is 9.90 Å². The lowest BCUT2D eigenvalue weighted by Crippen LogP contribution is -2.35. The van der Waals surface area contributed by atoms with Crippen LogP contribution >= 0.6 is 0 Å². The normalized spacial score (nSPS) is 33.2. The quantitative estimate of drug-likeness (QED) is 0.562. The number of aldehydes is 1. The topological polar surface area (TPSA) is 37.3 Å². The van der Waals surface area contributed by atoms with Crippen LogP contribution < -0.4 is 0 Å². The van der Waals surface area contributed by atoms with E-state index in [1.165, 1.54) is 6.08 Å². The molecule has 0 aromatic carbocycles. The van der Waals surface area contributed by atoms with E-state index < -0.39 is 5.60 Å². The monoisotopic (exact) mass is 210 g/mol. The predicted octanol–water partition coefficient (Wildman–Crippen LogP) is 2.71. The first kappa shape index (κ1) is 12.4. The SMILES string of the molecule is CC(C)(C)C1CCC(O)(/C=C/C=O)CC1. The lowest BCUT2D eigenvalue weighted by Gasteiger charge is -2.40. The molecular weight excluding hydrogens is 188 g/mol. The summed E-state index contributed by atoms with van der Waals surface area (Å²) in [7, 11) is 0. The average Bonchev–Trinajstić information content (AvgIpc) is 2.14. The van der Waals surface area contributed by atoms with Gasteiger partial charge in [-0.05, 0) is 49.2 Å². The zero-order chi connectivity index (χ0) is 11.5. The van der Waals surface area contributed by atoms with Gasteiger partial charge in [-0.3, -0.25) is 4.79 Å². The highest BCUT2D eigenvalue weighted by atomic mass is 16.3. The van der Waals surface area contributed by atoms with E-state index in [-0.39, 0.29) is 0 Å². The first-order valence-corrected chi connectivity index (χ1v) is 5.73. The molecule has 0 radical (unpaired) electrons. The van der Waals surface area contributed by atoms with Gasteiger partial charge < -0.3 is 5.11 Å². The highest BCUT2D eigenvalue weighted by Gasteiger charge is 2.35. The second-order valence-corrected chi connectivity index (χ2v) is 5.74. The molecule has 0 bridgehead atoms. The van der Waals surface area contributed by atoms with Crippen LogP contribution in [0.25, 0.3) is 0 Å². The van der Waals surface area contributed by atoms with Crippen molar-refractivity contribution in [2.75, 3.05) is 0 Å². The summed E-state index contributed by atoms with van der Waals surface area (Å²) in [5.41, 5.74) is -0.404. The fourth-order valence-corrected chi connectivity index (χ4v) is 2.37. The van der Waals surface area contributed by atoms with E-state index in [2.05, 4.69) is 20.8 Å². The van der Waals surface area contributed by atoms with Crippen LogP contribution in [0.2, 0.25) is 0 Å². The Kier molecular flexibility index (Phi) is 3.72. The lowest BCUT2D eigenvalue weighted by atomic mass is 9.68. The molecule has 1 aliphatic rings. The third kappa shape index (κ3) is 3.45. The Morgan fingerprint density at radius 2 is 1.80 bits per heavy atom. The van der Waals surface area contributed by atoms with Gasteiger partial charge >= 0.3 is 0 Å². The smallest absolute Gasteiger partial charge is 0.142 e. The number of rotatable bonds is 2. The maximum atomic E-state index is 10.2. The van der Waals surface area contributed by atoms with Crippen LogP contribution in [0.1, 0.15) is 46.5 Å². The minimum Gasteiger partial charge on any atom is -0.386 e. The van der Waals surface area contributed by atoms with Crippen LogP contribution in [-0.2, 0) is 4.79 Å². The number of hydrogen-bond donors (Lipinski definition) is 1. The third-order valence-electron chi connectivity index (χ3n) is 3.56. The van der Waals surface area contributed by atoms with Crippen LogP contribution in [-0.4, -0.2) is 17.0 Å². The Labute approximate surface area is 92.4 Å². The van der Waals surface area contributed by atoms with Gasteiger partial charge in [0.15, 0.2) is 0 Å². The molecule has 1 saturated carbocycles. The average molecular weight is 210 g/mol. The summed E-state index contributed by atoms with van der Waals surface area (Å²) in [5.74, 6) is 0.683. The van der Waals surface area contributed by atoms with E-state index >= 15 is 0 Å². The van der Waals surface area contributed by atoms with Gasteiger partial charge in [-0.2, -0.15) is 0 Å². The van der Waals surface area contributed by atoms with Crippen LogP contribution in [0.5, 0.6) is 0 Å². The second kappa shape index (κ2) is 4.48. The predicted molar refractivity (Wildman–Crippen MR) is 61.6 cm³/mol. The summed E-state index contributed by atoms with van der Waals surface area (Å²) < 4.78 is 0. The molecule has 15 heavy (non-hydrogen) atoms. The summed E-state index contributed by atoms with van der Waals surface area (Å²) >= 11 is 0. The van der Waals surface area contributed by atoms with Crippen LogP contribution in [0.15, 0.2) is 12.2 Å². The van der Waals surface area contributed by atoms with Crippen molar-refractivity contribution in [3.05, 3.63) is 12.2 Å². The Balaban J connectivity index is 2.55. The maximum absolute atomic E-state index is 10.2. The molecule has 0 heterocycles. The number of carbonyl (C=O) groups excluding carboxylic acids is 1. The molecular formula is C13H22O2. The van der Waals surface area contributed by atoms with E-state index in [0.29, 0.717) is 11.3 Å². The van der Waals surface area contributed by atoms with Crippen molar-refractivity contribution in [2.45, 2.75) is 52.1 Å². The molecule has 0 atom stereocenters. The van der Waals surface area contributed by atoms with Gasteiger partial charge in [0.05, 0.1) is 5.60 Å². The number of hydrogen-bond acceptors (Lipinski definition) is 2. The van der Waals surface area contributed by atoms with Gasteiger partial charge in [-0.1, -0.05) is 20.8 Å². The zero-order valence-electron chi connectivity index (χ0n) is 9.99. The highest BCUT2D eigenvalue weighted by molar-refractivity contribution is 5.65. The van der Waals surface area contributed by atoms with E-state index in [1.54, 1.807) is 6.08 Å². The molecule has 0 spiro atoms. The van der Waals surface area contributed by atoms with Crippen molar-refractivity contribution >= 4 is 6.29 Å². The van der Waals surface area contributed by atoms with E-state index in [4.69, 9.17) is 0 Å². The Bertz CT molecular complexity index is 240. The van der Waals surface area contributed by atoms with Crippen molar-refractivity contribution in [2.24, 2.45) is 11.3 Å². The Hall–Kier alpha value is -0.630. The van der Waals surface area contributed by atoms with Gasteiger partial charge in [-0.25, -0.2) is 0 Å². The van der Waals surface area contributed by atoms with Crippen LogP contribution in [0, 0.1) is 11.3 Å². The van der Waals surface area contributed by atoms with Gasteiger partial charge in [0.1, 0.15) is 6.29 Å². The molecule has 2 heteroatoms. The molecule has 0 aromatic rings. The molecule has 0 saturated heterocycles. The van der Waals surface area contributed by atoms with Crippen molar-refractivity contribution < 1.29 is 9.90 Å². The number of aliphatic hydroxyl groups is 1. The minimum absolute atomic E-state index is 0.329. The molecule has 1 aliphatic carbocycles. The molecule has 0 aliphatic heterocycles. The molecule has 0 amide bonds.